The average Bonchev–Trinajstić information content (AvgIpc) is 2.64. The molecule has 2 aromatic rings. The fourth-order valence-corrected chi connectivity index (χ4v) is 3.09. The zero-order valence-electron chi connectivity index (χ0n) is 17.5. The molecule has 28 heavy (non-hydrogen) atoms. The average molecular weight is 382 g/mol. The molecule has 0 aliphatic carbocycles. The molecule has 4 heteroatoms. The van der Waals surface area contributed by atoms with Gasteiger partial charge in [-0.1, -0.05) is 34.6 Å². The van der Waals surface area contributed by atoms with Crippen molar-refractivity contribution < 1.29 is 14.6 Å². The van der Waals surface area contributed by atoms with Crippen LogP contribution in [0.4, 0.5) is 5.69 Å². The molecule has 2 rings (SSSR count). The standard InChI is InChI=1S/C24H31NO3/c1-6-13-28-24-18(9-12-21(26)17-7-10-19(25)11-8-17)14-20(15(2)3)23(27)22(24)16(4)5/h7-12,14-16,27H,6,13,25H2,1-5H3. The van der Waals surface area contributed by atoms with Crippen molar-refractivity contribution in [2.45, 2.75) is 52.9 Å². The predicted octanol–water partition coefficient (Wildman–Crippen LogP) is 5.91. The molecule has 0 heterocycles. The minimum atomic E-state index is -0.105. The zero-order chi connectivity index (χ0) is 20.8. The third-order valence-corrected chi connectivity index (χ3v) is 4.61. The summed E-state index contributed by atoms with van der Waals surface area (Å²) >= 11 is 0. The van der Waals surface area contributed by atoms with Crippen LogP contribution < -0.4 is 10.5 Å². The van der Waals surface area contributed by atoms with Gasteiger partial charge in [0.25, 0.3) is 0 Å². The van der Waals surface area contributed by atoms with Gasteiger partial charge >= 0.3 is 0 Å². The van der Waals surface area contributed by atoms with E-state index in [4.69, 9.17) is 10.5 Å². The van der Waals surface area contributed by atoms with E-state index in [1.807, 2.05) is 40.7 Å². The van der Waals surface area contributed by atoms with E-state index in [9.17, 15) is 9.90 Å². The first-order valence-corrected chi connectivity index (χ1v) is 9.86. The smallest absolute Gasteiger partial charge is 0.185 e. The van der Waals surface area contributed by atoms with E-state index in [1.165, 1.54) is 0 Å². The molecule has 0 fully saturated rings. The highest BCUT2D eigenvalue weighted by Crippen LogP contribution is 2.43. The minimum Gasteiger partial charge on any atom is -0.507 e. The minimum absolute atomic E-state index is 0.0884. The van der Waals surface area contributed by atoms with Crippen LogP contribution in [0.3, 0.4) is 0 Å². The van der Waals surface area contributed by atoms with Gasteiger partial charge in [-0.15, -0.1) is 0 Å². The lowest BCUT2D eigenvalue weighted by molar-refractivity contribution is 0.104. The van der Waals surface area contributed by atoms with Crippen molar-refractivity contribution in [1.82, 2.24) is 0 Å². The van der Waals surface area contributed by atoms with E-state index < -0.39 is 0 Å². The lowest BCUT2D eigenvalue weighted by Gasteiger charge is -2.22. The molecule has 0 saturated carbocycles. The van der Waals surface area contributed by atoms with Crippen LogP contribution in [-0.4, -0.2) is 17.5 Å². The zero-order valence-corrected chi connectivity index (χ0v) is 17.5. The Morgan fingerprint density at radius 1 is 1.14 bits per heavy atom. The molecule has 2 aromatic carbocycles. The van der Waals surface area contributed by atoms with Crippen molar-refractivity contribution in [3.63, 3.8) is 0 Å². The van der Waals surface area contributed by atoms with Crippen LogP contribution in [0.1, 0.15) is 79.9 Å². The van der Waals surface area contributed by atoms with E-state index in [2.05, 4.69) is 0 Å². The molecule has 0 amide bonds. The van der Waals surface area contributed by atoms with Crippen LogP contribution in [0.15, 0.2) is 36.4 Å². The van der Waals surface area contributed by atoms with E-state index in [1.54, 1.807) is 36.4 Å². The van der Waals surface area contributed by atoms with E-state index in [-0.39, 0.29) is 23.4 Å². The molecule has 150 valence electrons. The molecule has 4 nitrogen and oxygen atoms in total. The summed E-state index contributed by atoms with van der Waals surface area (Å²) < 4.78 is 6.01. The quantitative estimate of drug-likeness (QED) is 0.339. The Labute approximate surface area is 168 Å². The maximum absolute atomic E-state index is 12.5. The van der Waals surface area contributed by atoms with Crippen LogP contribution in [-0.2, 0) is 0 Å². The van der Waals surface area contributed by atoms with Crippen LogP contribution in [0.2, 0.25) is 0 Å². The molecule has 0 spiro atoms. The maximum atomic E-state index is 12.5. The van der Waals surface area contributed by atoms with E-state index in [0.717, 1.165) is 23.1 Å². The van der Waals surface area contributed by atoms with Gasteiger partial charge in [-0.25, -0.2) is 0 Å². The van der Waals surface area contributed by atoms with Crippen LogP contribution in [0.5, 0.6) is 11.5 Å². The largest absolute Gasteiger partial charge is 0.507 e. The number of aromatic hydroxyl groups is 1. The van der Waals surface area contributed by atoms with Gasteiger partial charge < -0.3 is 15.6 Å². The Morgan fingerprint density at radius 2 is 1.79 bits per heavy atom. The number of rotatable bonds is 8. The molecule has 0 bridgehead atoms. The predicted molar refractivity (Wildman–Crippen MR) is 116 cm³/mol. The second-order valence-corrected chi connectivity index (χ2v) is 7.62. The summed E-state index contributed by atoms with van der Waals surface area (Å²) in [6.07, 6.45) is 4.18. The monoisotopic (exact) mass is 381 g/mol. The van der Waals surface area contributed by atoms with Gasteiger partial charge in [0, 0.05) is 22.4 Å². The number of hydrogen-bond acceptors (Lipinski definition) is 4. The molecule has 3 N–H and O–H groups in total. The second-order valence-electron chi connectivity index (χ2n) is 7.62. The number of carbonyl (C=O) groups is 1. The number of allylic oxidation sites excluding steroid dienone is 1. The number of phenolic OH excluding ortho intramolecular Hbond substituents is 1. The molecular weight excluding hydrogens is 350 g/mol. The number of benzene rings is 2. The summed E-state index contributed by atoms with van der Waals surface area (Å²) in [7, 11) is 0. The SMILES string of the molecule is CCCOc1c(C=CC(=O)c2ccc(N)cc2)cc(C(C)C)c(O)c1C(C)C. The Kier molecular flexibility index (Phi) is 7.27. The topological polar surface area (TPSA) is 72.5 Å². The first kappa shape index (κ1) is 21.5. The van der Waals surface area contributed by atoms with Gasteiger partial charge in [-0.2, -0.15) is 0 Å². The number of nitrogens with two attached hydrogens (primary N) is 1. The highest BCUT2D eigenvalue weighted by atomic mass is 16.5. The maximum Gasteiger partial charge on any atom is 0.185 e. The summed E-state index contributed by atoms with van der Waals surface area (Å²) in [6.45, 7) is 10.7. The fraction of sp³-hybridized carbons (Fsp3) is 0.375. The van der Waals surface area contributed by atoms with Gasteiger partial charge in [0.05, 0.1) is 6.61 Å². The number of nitrogen functional groups attached to an aromatic ring is 1. The lowest BCUT2D eigenvalue weighted by Crippen LogP contribution is -2.05. The van der Waals surface area contributed by atoms with E-state index in [0.29, 0.717) is 23.6 Å². The number of ether oxygens (including phenoxy) is 1. The summed E-state index contributed by atoms with van der Waals surface area (Å²) in [5.41, 5.74) is 9.35. The van der Waals surface area contributed by atoms with Crippen molar-refractivity contribution in [2.24, 2.45) is 0 Å². The van der Waals surface area contributed by atoms with Crippen molar-refractivity contribution in [2.75, 3.05) is 12.3 Å². The molecule has 0 unspecified atom stereocenters. The van der Waals surface area contributed by atoms with Gasteiger partial charge in [-0.05, 0) is 66.3 Å². The highest BCUT2D eigenvalue weighted by Gasteiger charge is 2.22. The molecular formula is C24H31NO3. The van der Waals surface area contributed by atoms with Crippen molar-refractivity contribution in [3.8, 4) is 11.5 Å². The number of anilines is 1. The molecule has 0 radical (unpaired) electrons. The first-order chi connectivity index (χ1) is 13.3. The third kappa shape index (κ3) is 4.94. The first-order valence-electron chi connectivity index (χ1n) is 9.86. The summed E-state index contributed by atoms with van der Waals surface area (Å²) in [5.74, 6) is 1.08. The third-order valence-electron chi connectivity index (χ3n) is 4.61. The number of ketones is 1. The molecule has 0 aromatic heterocycles. The Hall–Kier alpha value is -2.75. The summed E-state index contributed by atoms with van der Waals surface area (Å²) in [4.78, 5) is 12.5. The van der Waals surface area contributed by atoms with E-state index >= 15 is 0 Å². The lowest BCUT2D eigenvalue weighted by atomic mass is 9.90. The van der Waals surface area contributed by atoms with Crippen LogP contribution >= 0.6 is 0 Å². The second kappa shape index (κ2) is 9.45. The summed E-state index contributed by atoms with van der Waals surface area (Å²) in [5, 5.41) is 10.8. The van der Waals surface area contributed by atoms with Gasteiger partial charge in [0.1, 0.15) is 11.5 Å². The summed E-state index contributed by atoms with van der Waals surface area (Å²) in [6, 6.07) is 8.78. The fourth-order valence-electron chi connectivity index (χ4n) is 3.09. The normalized spacial score (nSPS) is 11.5. The van der Waals surface area contributed by atoms with Crippen LogP contribution in [0, 0.1) is 0 Å². The molecule has 0 atom stereocenters. The Morgan fingerprint density at radius 3 is 2.32 bits per heavy atom. The Balaban J connectivity index is 2.53. The Bertz CT molecular complexity index is 849. The van der Waals surface area contributed by atoms with Gasteiger partial charge in [0.15, 0.2) is 5.78 Å². The molecule has 0 aliphatic rings. The van der Waals surface area contributed by atoms with Gasteiger partial charge in [-0.3, -0.25) is 4.79 Å². The molecule has 0 aliphatic heterocycles. The number of phenols is 1. The highest BCUT2D eigenvalue weighted by molar-refractivity contribution is 6.07. The molecule has 0 saturated heterocycles. The van der Waals surface area contributed by atoms with Crippen molar-refractivity contribution in [1.29, 1.82) is 0 Å². The number of carbonyl (C=O) groups excluding carboxylic acids is 1. The number of hydrogen-bond donors (Lipinski definition) is 2. The van der Waals surface area contributed by atoms with Gasteiger partial charge in [0.2, 0.25) is 0 Å². The van der Waals surface area contributed by atoms with Crippen LogP contribution in [0.25, 0.3) is 6.08 Å². The van der Waals surface area contributed by atoms with Crippen molar-refractivity contribution in [3.05, 3.63) is 58.7 Å². The van der Waals surface area contributed by atoms with Crippen molar-refractivity contribution >= 4 is 17.5 Å².